The molecule has 1 heterocycles. The Bertz CT molecular complexity index is 771. The second-order valence-corrected chi connectivity index (χ2v) is 6.85. The molecular weight excluding hydrogens is 372 g/mol. The summed E-state index contributed by atoms with van der Waals surface area (Å²) in [5, 5.41) is 3.12. The Morgan fingerprint density at radius 1 is 1.14 bits per heavy atom. The van der Waals surface area contributed by atoms with Crippen molar-refractivity contribution in [3.05, 3.63) is 58.4 Å². The lowest BCUT2D eigenvalue weighted by molar-refractivity contribution is -0.138. The van der Waals surface area contributed by atoms with Gasteiger partial charge in [0.25, 0.3) is 0 Å². The lowest BCUT2D eigenvalue weighted by atomic mass is 9.98. The standard InChI is InChI=1S/C22H30N2O5/c1-5-29-22(26)18-13-19(21(25)27-4)20(23-16(18)2)15-28-12-11-24(3)14-17-9-7-6-8-10-17/h6-10,23H,5,11-15H2,1-4H3. The van der Waals surface area contributed by atoms with Crippen LogP contribution in [0.4, 0.5) is 0 Å². The Labute approximate surface area is 172 Å². The molecule has 1 aromatic carbocycles. The highest BCUT2D eigenvalue weighted by Crippen LogP contribution is 2.25. The van der Waals surface area contributed by atoms with Gasteiger partial charge in [0.05, 0.1) is 43.8 Å². The van der Waals surface area contributed by atoms with Crippen LogP contribution in [0.5, 0.6) is 0 Å². The summed E-state index contributed by atoms with van der Waals surface area (Å²) < 4.78 is 15.7. The van der Waals surface area contributed by atoms with Gasteiger partial charge >= 0.3 is 11.9 Å². The van der Waals surface area contributed by atoms with Crippen molar-refractivity contribution >= 4 is 11.9 Å². The Kier molecular flexibility index (Phi) is 8.89. The maximum absolute atomic E-state index is 12.2. The van der Waals surface area contributed by atoms with Gasteiger partial charge in [-0.1, -0.05) is 30.3 Å². The normalized spacial score (nSPS) is 14.1. The van der Waals surface area contributed by atoms with Crippen LogP contribution in [-0.4, -0.2) is 57.4 Å². The zero-order valence-corrected chi connectivity index (χ0v) is 17.6. The van der Waals surface area contributed by atoms with Gasteiger partial charge in [-0.2, -0.15) is 0 Å². The van der Waals surface area contributed by atoms with Crippen molar-refractivity contribution in [2.45, 2.75) is 26.8 Å². The monoisotopic (exact) mass is 402 g/mol. The Morgan fingerprint density at radius 2 is 1.86 bits per heavy atom. The number of hydrogen-bond acceptors (Lipinski definition) is 7. The highest BCUT2D eigenvalue weighted by atomic mass is 16.5. The first-order valence-electron chi connectivity index (χ1n) is 9.70. The summed E-state index contributed by atoms with van der Waals surface area (Å²) in [4.78, 5) is 26.5. The van der Waals surface area contributed by atoms with Crippen LogP contribution in [0.2, 0.25) is 0 Å². The van der Waals surface area contributed by atoms with Crippen molar-refractivity contribution in [1.29, 1.82) is 0 Å². The van der Waals surface area contributed by atoms with Crippen LogP contribution in [0.15, 0.2) is 52.9 Å². The quantitative estimate of drug-likeness (QED) is 0.476. The van der Waals surface area contributed by atoms with Gasteiger partial charge in [-0.3, -0.25) is 4.90 Å². The number of rotatable bonds is 10. The van der Waals surface area contributed by atoms with Gasteiger partial charge in [0.2, 0.25) is 0 Å². The average Bonchev–Trinajstić information content (AvgIpc) is 2.71. The van der Waals surface area contributed by atoms with Crippen molar-refractivity contribution < 1.29 is 23.8 Å². The first kappa shape index (κ1) is 22.6. The van der Waals surface area contributed by atoms with E-state index in [0.29, 0.717) is 29.1 Å². The van der Waals surface area contributed by atoms with E-state index in [9.17, 15) is 9.59 Å². The molecule has 1 aliphatic rings. The number of dihydropyridines is 1. The molecule has 0 aliphatic carbocycles. The first-order valence-corrected chi connectivity index (χ1v) is 9.70. The molecule has 0 radical (unpaired) electrons. The molecule has 1 aromatic rings. The molecule has 29 heavy (non-hydrogen) atoms. The lowest BCUT2D eigenvalue weighted by Crippen LogP contribution is -2.30. The number of carbonyl (C=O) groups excluding carboxylic acids is 2. The molecule has 7 nitrogen and oxygen atoms in total. The minimum Gasteiger partial charge on any atom is -0.466 e. The van der Waals surface area contributed by atoms with E-state index >= 15 is 0 Å². The van der Waals surface area contributed by atoms with Crippen LogP contribution in [0.1, 0.15) is 25.8 Å². The van der Waals surface area contributed by atoms with Crippen LogP contribution in [0.3, 0.4) is 0 Å². The molecular formula is C22H30N2O5. The van der Waals surface area contributed by atoms with Crippen molar-refractivity contribution in [2.75, 3.05) is 40.5 Å². The van der Waals surface area contributed by atoms with Gasteiger partial charge in [0, 0.05) is 25.2 Å². The molecule has 0 bridgehead atoms. The minimum absolute atomic E-state index is 0.164. The molecule has 0 saturated carbocycles. The van der Waals surface area contributed by atoms with Crippen LogP contribution in [0.25, 0.3) is 0 Å². The number of benzene rings is 1. The predicted octanol–water partition coefficient (Wildman–Crippen LogP) is 2.39. The summed E-state index contributed by atoms with van der Waals surface area (Å²) in [6, 6.07) is 10.2. The second-order valence-electron chi connectivity index (χ2n) is 6.85. The van der Waals surface area contributed by atoms with Crippen molar-refractivity contribution in [2.24, 2.45) is 0 Å². The average molecular weight is 402 g/mol. The minimum atomic E-state index is -0.480. The SMILES string of the molecule is CCOC(=O)C1=C(C)NC(COCCN(C)Cc2ccccc2)=C(C(=O)OC)C1. The van der Waals surface area contributed by atoms with Gasteiger partial charge in [-0.25, -0.2) is 9.59 Å². The van der Waals surface area contributed by atoms with Gasteiger partial charge < -0.3 is 19.5 Å². The molecule has 0 unspecified atom stereocenters. The molecule has 0 spiro atoms. The zero-order chi connectivity index (χ0) is 21.2. The van der Waals surface area contributed by atoms with Gasteiger partial charge in [0.1, 0.15) is 0 Å². The maximum atomic E-state index is 12.2. The van der Waals surface area contributed by atoms with Crippen LogP contribution >= 0.6 is 0 Å². The fraction of sp³-hybridized carbons (Fsp3) is 0.455. The third kappa shape index (κ3) is 6.73. The fourth-order valence-electron chi connectivity index (χ4n) is 3.05. The fourth-order valence-corrected chi connectivity index (χ4v) is 3.05. The van der Waals surface area contributed by atoms with Crippen LogP contribution < -0.4 is 5.32 Å². The van der Waals surface area contributed by atoms with E-state index in [1.54, 1.807) is 13.8 Å². The topological polar surface area (TPSA) is 77.1 Å². The molecule has 0 amide bonds. The molecule has 0 atom stereocenters. The number of esters is 2. The largest absolute Gasteiger partial charge is 0.466 e. The summed E-state index contributed by atoms with van der Waals surface area (Å²) in [6.07, 6.45) is 0.164. The van der Waals surface area contributed by atoms with E-state index in [0.717, 1.165) is 13.1 Å². The summed E-state index contributed by atoms with van der Waals surface area (Å²) in [5.74, 6) is -0.909. The van der Waals surface area contributed by atoms with Crippen molar-refractivity contribution in [3.8, 4) is 0 Å². The summed E-state index contributed by atoms with van der Waals surface area (Å²) >= 11 is 0. The Balaban J connectivity index is 1.91. The molecule has 1 aliphatic heterocycles. The highest BCUT2D eigenvalue weighted by molar-refractivity contribution is 5.96. The Hall–Kier alpha value is -2.64. The molecule has 2 rings (SSSR count). The molecule has 0 saturated heterocycles. The van der Waals surface area contributed by atoms with E-state index in [1.807, 2.05) is 25.2 Å². The van der Waals surface area contributed by atoms with E-state index in [1.165, 1.54) is 12.7 Å². The summed E-state index contributed by atoms with van der Waals surface area (Å²) in [5.41, 5.74) is 3.34. The van der Waals surface area contributed by atoms with Crippen molar-refractivity contribution in [3.63, 3.8) is 0 Å². The molecule has 0 fully saturated rings. The van der Waals surface area contributed by atoms with Crippen LogP contribution in [-0.2, 0) is 30.3 Å². The molecule has 7 heteroatoms. The van der Waals surface area contributed by atoms with Gasteiger partial charge in [0.15, 0.2) is 0 Å². The smallest absolute Gasteiger partial charge is 0.336 e. The van der Waals surface area contributed by atoms with E-state index < -0.39 is 11.9 Å². The highest BCUT2D eigenvalue weighted by Gasteiger charge is 2.28. The molecule has 158 valence electrons. The second kappa shape index (κ2) is 11.4. The number of methoxy groups -OCH3 is 1. The number of hydrogen-bond donors (Lipinski definition) is 1. The number of carbonyl (C=O) groups is 2. The van der Waals surface area contributed by atoms with Gasteiger partial charge in [-0.15, -0.1) is 0 Å². The van der Waals surface area contributed by atoms with E-state index in [4.69, 9.17) is 14.2 Å². The zero-order valence-electron chi connectivity index (χ0n) is 17.6. The van der Waals surface area contributed by atoms with E-state index in [2.05, 4.69) is 22.3 Å². The number of allylic oxidation sites excluding steroid dienone is 1. The number of nitrogens with one attached hydrogen (secondary N) is 1. The summed E-state index contributed by atoms with van der Waals surface area (Å²) in [7, 11) is 3.36. The summed E-state index contributed by atoms with van der Waals surface area (Å²) in [6.45, 7) is 6.14. The first-order chi connectivity index (χ1) is 14.0. The molecule has 0 aromatic heterocycles. The Morgan fingerprint density at radius 3 is 2.52 bits per heavy atom. The predicted molar refractivity (Wildman–Crippen MR) is 110 cm³/mol. The van der Waals surface area contributed by atoms with Crippen LogP contribution in [0, 0.1) is 0 Å². The van der Waals surface area contributed by atoms with Crippen molar-refractivity contribution in [1.82, 2.24) is 10.2 Å². The van der Waals surface area contributed by atoms with E-state index in [-0.39, 0.29) is 19.6 Å². The third-order valence-electron chi connectivity index (χ3n) is 4.62. The van der Waals surface area contributed by atoms with Gasteiger partial charge in [-0.05, 0) is 26.5 Å². The number of nitrogens with zero attached hydrogens (tertiary/aromatic N) is 1. The lowest BCUT2D eigenvalue weighted by Gasteiger charge is -2.24. The molecule has 1 N–H and O–H groups in total. The third-order valence-corrected chi connectivity index (χ3v) is 4.62. The number of likely N-dealkylation sites (N-methyl/N-ethyl adjacent to an activating group) is 1. The maximum Gasteiger partial charge on any atom is 0.336 e. The number of ether oxygens (including phenoxy) is 3.